The molecule has 0 spiro atoms. The molecule has 1 heterocycles. The fourth-order valence-corrected chi connectivity index (χ4v) is 3.69. The number of primary amides is 1. The standard InChI is InChI=1S/C23H22N2O/c1-3-16-8-10-17(11-9-16)14-25-20-6-4-5-19(23(24)26)22(20)18-12-7-15(2)13-21(18)25/h4-13H,3,14H2,1-2H3,(H2,24,26). The summed E-state index contributed by atoms with van der Waals surface area (Å²) in [7, 11) is 0. The average molecular weight is 342 g/mol. The highest BCUT2D eigenvalue weighted by Crippen LogP contribution is 2.32. The van der Waals surface area contributed by atoms with Crippen molar-refractivity contribution in [3.05, 3.63) is 82.9 Å². The molecular formula is C23H22N2O. The van der Waals surface area contributed by atoms with E-state index >= 15 is 0 Å². The first-order chi connectivity index (χ1) is 12.6. The third kappa shape index (κ3) is 2.66. The molecule has 0 unspecified atom stereocenters. The van der Waals surface area contributed by atoms with Crippen molar-refractivity contribution in [2.45, 2.75) is 26.8 Å². The van der Waals surface area contributed by atoms with Gasteiger partial charge in [-0.3, -0.25) is 4.79 Å². The highest BCUT2D eigenvalue weighted by molar-refractivity contribution is 6.17. The van der Waals surface area contributed by atoms with Gasteiger partial charge in [0.15, 0.2) is 0 Å². The van der Waals surface area contributed by atoms with Crippen LogP contribution >= 0.6 is 0 Å². The van der Waals surface area contributed by atoms with Gasteiger partial charge in [-0.2, -0.15) is 0 Å². The van der Waals surface area contributed by atoms with Crippen LogP contribution in [-0.2, 0) is 13.0 Å². The van der Waals surface area contributed by atoms with Crippen molar-refractivity contribution in [3.63, 3.8) is 0 Å². The summed E-state index contributed by atoms with van der Waals surface area (Å²) in [6.45, 7) is 5.01. The van der Waals surface area contributed by atoms with Crippen LogP contribution < -0.4 is 5.73 Å². The van der Waals surface area contributed by atoms with Gasteiger partial charge in [0.2, 0.25) is 5.91 Å². The quantitative estimate of drug-likeness (QED) is 0.568. The molecule has 0 aliphatic rings. The number of carbonyl (C=O) groups excluding carboxylic acids is 1. The molecule has 26 heavy (non-hydrogen) atoms. The molecule has 130 valence electrons. The minimum absolute atomic E-state index is 0.387. The van der Waals surface area contributed by atoms with E-state index in [1.165, 1.54) is 16.7 Å². The number of amides is 1. The number of aryl methyl sites for hydroxylation is 2. The van der Waals surface area contributed by atoms with E-state index in [9.17, 15) is 4.79 Å². The minimum Gasteiger partial charge on any atom is -0.366 e. The molecule has 0 aliphatic carbocycles. The lowest BCUT2D eigenvalue weighted by Crippen LogP contribution is -2.11. The third-order valence-corrected chi connectivity index (χ3v) is 5.08. The van der Waals surface area contributed by atoms with Gasteiger partial charge >= 0.3 is 0 Å². The molecule has 1 amide bonds. The zero-order valence-electron chi connectivity index (χ0n) is 15.1. The Bertz CT molecular complexity index is 1120. The number of carbonyl (C=O) groups is 1. The fraction of sp³-hybridized carbons (Fsp3) is 0.174. The molecule has 3 nitrogen and oxygen atoms in total. The summed E-state index contributed by atoms with van der Waals surface area (Å²) in [5, 5.41) is 2.02. The van der Waals surface area contributed by atoms with Crippen LogP contribution in [0.4, 0.5) is 0 Å². The van der Waals surface area contributed by atoms with Crippen molar-refractivity contribution >= 4 is 27.7 Å². The summed E-state index contributed by atoms with van der Waals surface area (Å²) >= 11 is 0. The van der Waals surface area contributed by atoms with E-state index < -0.39 is 0 Å². The lowest BCUT2D eigenvalue weighted by molar-refractivity contribution is 0.100. The Labute approximate surface area is 153 Å². The maximum Gasteiger partial charge on any atom is 0.249 e. The van der Waals surface area contributed by atoms with Gasteiger partial charge in [-0.1, -0.05) is 49.4 Å². The Kier molecular flexibility index (Phi) is 4.00. The normalized spacial score (nSPS) is 11.3. The Morgan fingerprint density at radius 1 is 0.962 bits per heavy atom. The average Bonchev–Trinajstić information content (AvgIpc) is 2.95. The van der Waals surface area contributed by atoms with Crippen molar-refractivity contribution in [1.29, 1.82) is 0 Å². The van der Waals surface area contributed by atoms with Gasteiger partial charge in [-0.05, 0) is 48.2 Å². The first kappa shape index (κ1) is 16.4. The van der Waals surface area contributed by atoms with Gasteiger partial charge in [-0.25, -0.2) is 0 Å². The predicted octanol–water partition coefficient (Wildman–Crippen LogP) is 4.81. The van der Waals surface area contributed by atoms with E-state index in [1.54, 1.807) is 0 Å². The van der Waals surface area contributed by atoms with Crippen LogP contribution in [0.2, 0.25) is 0 Å². The van der Waals surface area contributed by atoms with Crippen LogP contribution in [0.1, 0.15) is 34.0 Å². The lowest BCUT2D eigenvalue weighted by atomic mass is 10.1. The highest BCUT2D eigenvalue weighted by atomic mass is 16.1. The predicted molar refractivity (Wildman–Crippen MR) is 108 cm³/mol. The zero-order chi connectivity index (χ0) is 18.3. The molecule has 3 aromatic carbocycles. The molecule has 0 atom stereocenters. The molecule has 0 saturated heterocycles. The summed E-state index contributed by atoms with van der Waals surface area (Å²) in [4.78, 5) is 12.0. The number of aromatic nitrogens is 1. The van der Waals surface area contributed by atoms with Gasteiger partial charge in [0.25, 0.3) is 0 Å². The maximum absolute atomic E-state index is 12.0. The van der Waals surface area contributed by atoms with Crippen LogP contribution in [0, 0.1) is 6.92 Å². The number of hydrogen-bond acceptors (Lipinski definition) is 1. The van der Waals surface area contributed by atoms with Gasteiger partial charge in [0, 0.05) is 28.4 Å². The first-order valence-electron chi connectivity index (χ1n) is 8.97. The second-order valence-electron chi connectivity index (χ2n) is 6.84. The fourth-order valence-electron chi connectivity index (χ4n) is 3.69. The van der Waals surface area contributed by atoms with Crippen molar-refractivity contribution in [1.82, 2.24) is 4.57 Å². The van der Waals surface area contributed by atoms with Crippen molar-refractivity contribution < 1.29 is 4.79 Å². The molecule has 0 bridgehead atoms. The van der Waals surface area contributed by atoms with E-state index in [2.05, 4.69) is 66.9 Å². The van der Waals surface area contributed by atoms with Crippen LogP contribution in [0.25, 0.3) is 21.8 Å². The second kappa shape index (κ2) is 6.34. The summed E-state index contributed by atoms with van der Waals surface area (Å²) in [6, 6.07) is 20.9. The molecule has 0 radical (unpaired) electrons. The molecule has 4 rings (SSSR count). The Morgan fingerprint density at radius 2 is 1.69 bits per heavy atom. The zero-order valence-corrected chi connectivity index (χ0v) is 15.1. The monoisotopic (exact) mass is 342 g/mol. The summed E-state index contributed by atoms with van der Waals surface area (Å²) < 4.78 is 2.28. The summed E-state index contributed by atoms with van der Waals surface area (Å²) in [5.74, 6) is -0.387. The molecule has 0 saturated carbocycles. The van der Waals surface area contributed by atoms with Gasteiger partial charge in [0.05, 0.1) is 5.52 Å². The number of rotatable bonds is 4. The summed E-state index contributed by atoms with van der Waals surface area (Å²) in [5.41, 5.74) is 12.2. The number of hydrogen-bond donors (Lipinski definition) is 1. The Balaban J connectivity index is 1.98. The van der Waals surface area contributed by atoms with Crippen LogP contribution in [0.15, 0.2) is 60.7 Å². The van der Waals surface area contributed by atoms with Crippen LogP contribution in [-0.4, -0.2) is 10.5 Å². The number of fused-ring (bicyclic) bond motifs is 3. The summed E-state index contributed by atoms with van der Waals surface area (Å²) in [6.07, 6.45) is 1.04. The maximum atomic E-state index is 12.0. The highest BCUT2D eigenvalue weighted by Gasteiger charge is 2.16. The second-order valence-corrected chi connectivity index (χ2v) is 6.84. The van der Waals surface area contributed by atoms with Crippen LogP contribution in [0.5, 0.6) is 0 Å². The molecule has 0 aliphatic heterocycles. The van der Waals surface area contributed by atoms with Gasteiger partial charge in [0.1, 0.15) is 0 Å². The van der Waals surface area contributed by atoms with Crippen LogP contribution in [0.3, 0.4) is 0 Å². The SMILES string of the molecule is CCc1ccc(Cn2c3cc(C)ccc3c3c(C(N)=O)cccc32)cc1. The number of nitrogens with two attached hydrogens (primary N) is 1. The molecule has 3 heteroatoms. The lowest BCUT2D eigenvalue weighted by Gasteiger charge is -2.09. The Hall–Kier alpha value is -3.07. The van der Waals surface area contributed by atoms with Crippen molar-refractivity contribution in [2.24, 2.45) is 5.73 Å². The smallest absolute Gasteiger partial charge is 0.249 e. The van der Waals surface area contributed by atoms with E-state index in [-0.39, 0.29) is 5.91 Å². The molecule has 0 fully saturated rings. The number of nitrogens with zero attached hydrogens (tertiary/aromatic N) is 1. The van der Waals surface area contributed by atoms with E-state index in [4.69, 9.17) is 5.73 Å². The number of benzene rings is 3. The molecular weight excluding hydrogens is 320 g/mol. The molecule has 4 aromatic rings. The topological polar surface area (TPSA) is 48.0 Å². The van der Waals surface area contributed by atoms with Gasteiger partial charge in [-0.15, -0.1) is 0 Å². The minimum atomic E-state index is -0.387. The molecule has 1 aromatic heterocycles. The largest absolute Gasteiger partial charge is 0.366 e. The van der Waals surface area contributed by atoms with E-state index in [0.717, 1.165) is 34.8 Å². The van der Waals surface area contributed by atoms with E-state index in [1.807, 2.05) is 12.1 Å². The van der Waals surface area contributed by atoms with Crippen molar-refractivity contribution in [2.75, 3.05) is 0 Å². The van der Waals surface area contributed by atoms with E-state index in [0.29, 0.717) is 5.56 Å². The first-order valence-corrected chi connectivity index (χ1v) is 8.97. The van der Waals surface area contributed by atoms with Crippen molar-refractivity contribution in [3.8, 4) is 0 Å². The molecule has 2 N–H and O–H groups in total. The van der Waals surface area contributed by atoms with Gasteiger partial charge < -0.3 is 10.3 Å². The third-order valence-electron chi connectivity index (χ3n) is 5.08. The Morgan fingerprint density at radius 3 is 2.38 bits per heavy atom.